The number of nitrogens with zero attached hydrogens (tertiary/aromatic N) is 1. The Balaban J connectivity index is 1.84. The van der Waals surface area contributed by atoms with Crippen LogP contribution in [0.4, 0.5) is 0 Å². The van der Waals surface area contributed by atoms with Gasteiger partial charge in [-0.05, 0) is 24.8 Å². The van der Waals surface area contributed by atoms with Gasteiger partial charge in [0.15, 0.2) is 0 Å². The third-order valence-electron chi connectivity index (χ3n) is 3.65. The average Bonchev–Trinajstić information content (AvgIpc) is 2.56. The molecule has 0 heterocycles. The molecule has 2 aromatic carbocycles. The smallest absolute Gasteiger partial charge is 0.222 e. The van der Waals surface area contributed by atoms with Gasteiger partial charge in [-0.3, -0.25) is 4.79 Å². The second-order valence-electron chi connectivity index (χ2n) is 5.13. The van der Waals surface area contributed by atoms with Crippen LogP contribution in [0.5, 0.6) is 5.75 Å². The number of hydrogen-bond acceptors (Lipinski definition) is 3. The number of hydrogen-bond donors (Lipinski definition) is 1. The van der Waals surface area contributed by atoms with Gasteiger partial charge in [0.1, 0.15) is 5.75 Å². The van der Waals surface area contributed by atoms with E-state index >= 15 is 0 Å². The summed E-state index contributed by atoms with van der Waals surface area (Å²) in [5, 5.41) is 11.2. The molecule has 0 saturated heterocycles. The standard InChI is InChI=1S/C18H23NO3/c1-2-19(12-13-20)18(21)11-6-14-22-17-10-5-8-15-7-3-4-9-16(15)17/h3-5,7-10,20H,2,6,11-14H2,1H3. The molecule has 118 valence electrons. The molecule has 2 rings (SSSR count). The van der Waals surface area contributed by atoms with Crippen LogP contribution in [0.2, 0.25) is 0 Å². The van der Waals surface area contributed by atoms with Gasteiger partial charge in [-0.2, -0.15) is 0 Å². The molecule has 0 radical (unpaired) electrons. The van der Waals surface area contributed by atoms with Crippen LogP contribution in [0, 0.1) is 0 Å². The minimum Gasteiger partial charge on any atom is -0.493 e. The van der Waals surface area contributed by atoms with Gasteiger partial charge in [-0.1, -0.05) is 36.4 Å². The number of fused-ring (bicyclic) bond motifs is 1. The van der Waals surface area contributed by atoms with E-state index in [-0.39, 0.29) is 12.5 Å². The number of carbonyl (C=O) groups is 1. The predicted octanol–water partition coefficient (Wildman–Crippen LogP) is 2.84. The van der Waals surface area contributed by atoms with E-state index in [0.29, 0.717) is 32.5 Å². The van der Waals surface area contributed by atoms with Crippen molar-refractivity contribution in [1.29, 1.82) is 0 Å². The van der Waals surface area contributed by atoms with Crippen LogP contribution in [-0.2, 0) is 4.79 Å². The maximum Gasteiger partial charge on any atom is 0.222 e. The van der Waals surface area contributed by atoms with Crippen LogP contribution in [0.15, 0.2) is 42.5 Å². The topological polar surface area (TPSA) is 49.8 Å². The van der Waals surface area contributed by atoms with Crippen molar-refractivity contribution in [2.75, 3.05) is 26.3 Å². The van der Waals surface area contributed by atoms with Crippen molar-refractivity contribution in [2.45, 2.75) is 19.8 Å². The Bertz CT molecular complexity index is 607. The first-order chi connectivity index (χ1) is 10.8. The summed E-state index contributed by atoms with van der Waals surface area (Å²) in [4.78, 5) is 13.6. The molecule has 2 aromatic rings. The monoisotopic (exact) mass is 301 g/mol. The van der Waals surface area contributed by atoms with E-state index in [1.54, 1.807) is 4.90 Å². The molecule has 0 fully saturated rings. The van der Waals surface area contributed by atoms with Crippen molar-refractivity contribution < 1.29 is 14.6 Å². The zero-order chi connectivity index (χ0) is 15.8. The van der Waals surface area contributed by atoms with Crippen LogP contribution in [-0.4, -0.2) is 42.2 Å². The lowest BCUT2D eigenvalue weighted by Gasteiger charge is -2.19. The van der Waals surface area contributed by atoms with E-state index in [4.69, 9.17) is 9.84 Å². The molecule has 1 N–H and O–H groups in total. The molecule has 4 heteroatoms. The first-order valence-corrected chi connectivity index (χ1v) is 7.75. The third-order valence-corrected chi connectivity index (χ3v) is 3.65. The van der Waals surface area contributed by atoms with E-state index in [9.17, 15) is 4.79 Å². The zero-order valence-electron chi connectivity index (χ0n) is 13.0. The molecule has 0 atom stereocenters. The summed E-state index contributed by atoms with van der Waals surface area (Å²) < 4.78 is 5.82. The van der Waals surface area contributed by atoms with Gasteiger partial charge in [-0.15, -0.1) is 0 Å². The molecule has 0 aliphatic carbocycles. The minimum absolute atomic E-state index is 0.00604. The van der Waals surface area contributed by atoms with Crippen LogP contribution in [0.25, 0.3) is 10.8 Å². The van der Waals surface area contributed by atoms with Crippen molar-refractivity contribution in [3.63, 3.8) is 0 Å². The summed E-state index contributed by atoms with van der Waals surface area (Å²) in [5.41, 5.74) is 0. The van der Waals surface area contributed by atoms with Crippen molar-refractivity contribution in [1.82, 2.24) is 4.90 Å². The fourth-order valence-corrected chi connectivity index (χ4v) is 2.47. The highest BCUT2D eigenvalue weighted by atomic mass is 16.5. The Kier molecular flexibility index (Phi) is 6.22. The molecular formula is C18H23NO3. The quantitative estimate of drug-likeness (QED) is 0.763. The Morgan fingerprint density at radius 3 is 2.73 bits per heavy atom. The van der Waals surface area contributed by atoms with E-state index < -0.39 is 0 Å². The number of benzene rings is 2. The summed E-state index contributed by atoms with van der Waals surface area (Å²) in [7, 11) is 0. The Hall–Kier alpha value is -2.07. The fourth-order valence-electron chi connectivity index (χ4n) is 2.47. The molecule has 0 saturated carbocycles. The molecule has 0 unspecified atom stereocenters. The molecule has 0 spiro atoms. The highest BCUT2D eigenvalue weighted by Crippen LogP contribution is 2.25. The number of carbonyl (C=O) groups excluding carboxylic acids is 1. The van der Waals surface area contributed by atoms with Crippen molar-refractivity contribution in [3.05, 3.63) is 42.5 Å². The second-order valence-corrected chi connectivity index (χ2v) is 5.13. The zero-order valence-corrected chi connectivity index (χ0v) is 13.0. The SMILES string of the molecule is CCN(CCO)C(=O)CCCOc1cccc2ccccc12. The molecular weight excluding hydrogens is 278 g/mol. The maximum absolute atomic E-state index is 11.9. The maximum atomic E-state index is 11.9. The highest BCUT2D eigenvalue weighted by Gasteiger charge is 2.10. The first kappa shape index (κ1) is 16.3. The number of likely N-dealkylation sites (N-methyl/N-ethyl adjacent to an activating group) is 1. The summed E-state index contributed by atoms with van der Waals surface area (Å²) in [5.74, 6) is 0.923. The summed E-state index contributed by atoms with van der Waals surface area (Å²) in [6.45, 7) is 3.46. The summed E-state index contributed by atoms with van der Waals surface area (Å²) >= 11 is 0. The fraction of sp³-hybridized carbons (Fsp3) is 0.389. The molecule has 1 amide bonds. The number of ether oxygens (including phenoxy) is 1. The minimum atomic E-state index is 0.00604. The van der Waals surface area contributed by atoms with E-state index in [2.05, 4.69) is 12.1 Å². The predicted molar refractivity (Wildman–Crippen MR) is 88.0 cm³/mol. The van der Waals surface area contributed by atoms with Gasteiger partial charge in [0.2, 0.25) is 5.91 Å². The van der Waals surface area contributed by atoms with Crippen molar-refractivity contribution >= 4 is 16.7 Å². The molecule has 0 bridgehead atoms. The number of aliphatic hydroxyl groups excluding tert-OH is 1. The van der Waals surface area contributed by atoms with Crippen LogP contribution in [0.1, 0.15) is 19.8 Å². The van der Waals surface area contributed by atoms with Gasteiger partial charge < -0.3 is 14.7 Å². The van der Waals surface area contributed by atoms with Gasteiger partial charge in [-0.25, -0.2) is 0 Å². The van der Waals surface area contributed by atoms with E-state index in [0.717, 1.165) is 16.5 Å². The summed E-state index contributed by atoms with van der Waals surface area (Å²) in [6.07, 6.45) is 1.11. The number of aliphatic hydroxyl groups is 1. The van der Waals surface area contributed by atoms with Crippen molar-refractivity contribution in [3.8, 4) is 5.75 Å². The van der Waals surface area contributed by atoms with Gasteiger partial charge in [0, 0.05) is 24.9 Å². The summed E-state index contributed by atoms with van der Waals surface area (Å²) in [6, 6.07) is 14.1. The van der Waals surface area contributed by atoms with Gasteiger partial charge >= 0.3 is 0 Å². The van der Waals surface area contributed by atoms with Gasteiger partial charge in [0.05, 0.1) is 13.2 Å². The van der Waals surface area contributed by atoms with E-state index in [1.165, 1.54) is 0 Å². The molecule has 0 aliphatic rings. The Morgan fingerprint density at radius 2 is 1.95 bits per heavy atom. The molecule has 22 heavy (non-hydrogen) atoms. The average molecular weight is 301 g/mol. The lowest BCUT2D eigenvalue weighted by Crippen LogP contribution is -2.33. The normalized spacial score (nSPS) is 10.6. The first-order valence-electron chi connectivity index (χ1n) is 7.75. The van der Waals surface area contributed by atoms with E-state index in [1.807, 2.05) is 37.3 Å². The molecule has 0 aliphatic heterocycles. The third kappa shape index (κ3) is 4.21. The van der Waals surface area contributed by atoms with Crippen molar-refractivity contribution in [2.24, 2.45) is 0 Å². The Labute approximate surface area is 131 Å². The lowest BCUT2D eigenvalue weighted by atomic mass is 10.1. The lowest BCUT2D eigenvalue weighted by molar-refractivity contribution is -0.131. The largest absolute Gasteiger partial charge is 0.493 e. The number of rotatable bonds is 8. The molecule has 0 aromatic heterocycles. The van der Waals surface area contributed by atoms with Crippen LogP contribution >= 0.6 is 0 Å². The van der Waals surface area contributed by atoms with Gasteiger partial charge in [0.25, 0.3) is 0 Å². The molecule has 4 nitrogen and oxygen atoms in total. The second kappa shape index (κ2) is 8.39. The Morgan fingerprint density at radius 1 is 1.18 bits per heavy atom. The number of amides is 1. The highest BCUT2D eigenvalue weighted by molar-refractivity contribution is 5.88. The van der Waals surface area contributed by atoms with Crippen LogP contribution < -0.4 is 4.74 Å². The van der Waals surface area contributed by atoms with Crippen LogP contribution in [0.3, 0.4) is 0 Å².